The summed E-state index contributed by atoms with van der Waals surface area (Å²) >= 11 is 0. The molecule has 1 unspecified atom stereocenters. The standard InChI is InChI=1S/C27H48N4O9SSi2/c1-17-13-31(24(34)30(22(17)33)14-20(32)29-8)23-21(39-43(11,12)26(5,6)7)27(18(28)16-41(35,36)40-27)19(38-23)15-37-42(9,10)25(2,3)4/h13,16,19,21,23H,14-15,28H2,1-12H3,(H,29,32)/t19-,21+,23-,27?/m1/s1. The van der Waals surface area contributed by atoms with Crippen molar-refractivity contribution in [2.75, 3.05) is 13.7 Å². The number of aromatic nitrogens is 2. The summed E-state index contributed by atoms with van der Waals surface area (Å²) in [6.07, 6.45) is -2.31. The third kappa shape index (κ3) is 6.51. The number of rotatable bonds is 8. The van der Waals surface area contributed by atoms with E-state index in [-0.39, 0.29) is 27.9 Å². The Hall–Kier alpha value is -2.09. The van der Waals surface area contributed by atoms with Gasteiger partial charge in [0.25, 0.3) is 15.7 Å². The minimum absolute atomic E-state index is 0.0972. The number of likely N-dealkylation sites (N-methyl/N-ethyl adjacent to an activating group) is 1. The first-order valence-corrected chi connectivity index (χ1v) is 21.5. The molecule has 244 valence electrons. The Morgan fingerprint density at radius 2 is 1.65 bits per heavy atom. The number of carbonyl (C=O) groups is 1. The van der Waals surface area contributed by atoms with Crippen LogP contribution >= 0.6 is 0 Å². The fourth-order valence-corrected chi connectivity index (χ4v) is 8.02. The summed E-state index contributed by atoms with van der Waals surface area (Å²) in [7, 11) is -7.99. The van der Waals surface area contributed by atoms with Crippen LogP contribution in [0, 0.1) is 6.92 Å². The fraction of sp³-hybridized carbons (Fsp3) is 0.741. The lowest BCUT2D eigenvalue weighted by molar-refractivity contribution is -0.121. The van der Waals surface area contributed by atoms with Crippen LogP contribution in [0.5, 0.6) is 0 Å². The Morgan fingerprint density at radius 1 is 1.09 bits per heavy atom. The van der Waals surface area contributed by atoms with Crippen LogP contribution in [0.3, 0.4) is 0 Å². The highest BCUT2D eigenvalue weighted by atomic mass is 32.2. The molecule has 1 aromatic rings. The van der Waals surface area contributed by atoms with E-state index in [0.717, 1.165) is 14.5 Å². The second-order valence-electron chi connectivity index (χ2n) is 14.4. The zero-order chi connectivity index (χ0) is 33.1. The number of ether oxygens (including phenoxy) is 1. The SMILES string of the molecule is CNC(=O)Cn1c(=O)c(C)cn([C@@H]2O[C@H](CO[Si](C)(C)C(C)(C)C)C3(OS(=O)(=O)C=C3N)[C@H]2O[Si](C)(C)C(C)(C)C)c1=O. The molecule has 1 aromatic heterocycles. The molecular formula is C27H48N4O9SSi2. The second-order valence-corrected chi connectivity index (χ2v) is 25.3. The predicted octanol–water partition coefficient (Wildman–Crippen LogP) is 2.27. The molecule has 0 saturated carbocycles. The van der Waals surface area contributed by atoms with Gasteiger partial charge in [0.15, 0.2) is 28.5 Å². The first kappa shape index (κ1) is 35.4. The molecule has 3 N–H and O–H groups in total. The molecule has 0 aliphatic carbocycles. The number of hydrogen-bond acceptors (Lipinski definition) is 10. The highest BCUT2D eigenvalue weighted by Crippen LogP contribution is 2.52. The van der Waals surface area contributed by atoms with Crippen molar-refractivity contribution in [1.29, 1.82) is 0 Å². The normalized spacial score (nSPS) is 26.1. The van der Waals surface area contributed by atoms with Crippen LogP contribution in [0.15, 0.2) is 26.9 Å². The van der Waals surface area contributed by atoms with E-state index >= 15 is 0 Å². The second kappa shape index (κ2) is 11.4. The first-order chi connectivity index (χ1) is 19.3. The van der Waals surface area contributed by atoms with E-state index in [2.05, 4.69) is 26.1 Å². The van der Waals surface area contributed by atoms with Crippen LogP contribution in [0.25, 0.3) is 0 Å². The Morgan fingerprint density at radius 3 is 2.12 bits per heavy atom. The van der Waals surface area contributed by atoms with Crippen molar-refractivity contribution in [2.45, 2.75) is 115 Å². The molecule has 0 bridgehead atoms. The highest BCUT2D eigenvalue weighted by Gasteiger charge is 2.67. The number of nitrogens with two attached hydrogens (primary N) is 1. The number of amides is 1. The number of nitrogens with zero attached hydrogens (tertiary/aromatic N) is 2. The smallest absolute Gasteiger partial charge is 0.333 e. The first-order valence-electron chi connectivity index (χ1n) is 14.2. The van der Waals surface area contributed by atoms with E-state index < -0.39 is 74.5 Å². The van der Waals surface area contributed by atoms with Gasteiger partial charge in [0.05, 0.1) is 17.7 Å². The molecule has 1 fully saturated rings. The Balaban J connectivity index is 2.31. The van der Waals surface area contributed by atoms with Gasteiger partial charge in [-0.3, -0.25) is 18.7 Å². The average molecular weight is 661 g/mol. The monoisotopic (exact) mass is 660 g/mol. The fourth-order valence-electron chi connectivity index (χ4n) is 4.52. The maximum Gasteiger partial charge on any atom is 0.333 e. The van der Waals surface area contributed by atoms with Crippen molar-refractivity contribution >= 4 is 32.7 Å². The maximum absolute atomic E-state index is 13.8. The topological polar surface area (TPSA) is 170 Å². The van der Waals surface area contributed by atoms with Crippen LogP contribution in [-0.2, 0) is 39.2 Å². The van der Waals surface area contributed by atoms with Gasteiger partial charge in [0, 0.05) is 18.8 Å². The molecule has 16 heteroatoms. The van der Waals surface area contributed by atoms with Crippen molar-refractivity contribution < 1.29 is 31.0 Å². The minimum atomic E-state index is -4.26. The summed E-state index contributed by atoms with van der Waals surface area (Å²) in [5.74, 6) is -0.549. The van der Waals surface area contributed by atoms with E-state index in [4.69, 9.17) is 23.5 Å². The highest BCUT2D eigenvalue weighted by molar-refractivity contribution is 7.90. The molecule has 2 aliphatic heterocycles. The molecule has 2 aliphatic rings. The van der Waals surface area contributed by atoms with E-state index in [1.807, 2.05) is 47.0 Å². The number of aryl methyl sites for hydroxylation is 1. The van der Waals surface area contributed by atoms with Crippen molar-refractivity contribution in [2.24, 2.45) is 5.73 Å². The third-order valence-electron chi connectivity index (χ3n) is 9.29. The average Bonchev–Trinajstić information content (AvgIpc) is 3.27. The Kier molecular flexibility index (Phi) is 9.36. The van der Waals surface area contributed by atoms with Gasteiger partial charge in [0.1, 0.15) is 18.8 Å². The van der Waals surface area contributed by atoms with Gasteiger partial charge in [-0.1, -0.05) is 41.5 Å². The van der Waals surface area contributed by atoms with Gasteiger partial charge in [-0.2, -0.15) is 8.42 Å². The molecule has 0 aromatic carbocycles. The summed E-state index contributed by atoms with van der Waals surface area (Å²) in [6, 6.07) is 0. The molecule has 1 amide bonds. The zero-order valence-electron chi connectivity index (χ0n) is 27.4. The molecule has 1 spiro atoms. The maximum atomic E-state index is 13.8. The number of nitrogens with one attached hydrogen (secondary N) is 1. The number of carbonyl (C=O) groups excluding carboxylic acids is 1. The quantitative estimate of drug-likeness (QED) is 0.312. The van der Waals surface area contributed by atoms with Gasteiger partial charge in [-0.05, 0) is 43.2 Å². The molecule has 1 saturated heterocycles. The van der Waals surface area contributed by atoms with Crippen molar-refractivity contribution in [3.8, 4) is 0 Å². The minimum Gasteiger partial charge on any atom is -0.414 e. The van der Waals surface area contributed by atoms with E-state index in [1.165, 1.54) is 20.2 Å². The molecule has 0 radical (unpaired) electrons. The van der Waals surface area contributed by atoms with Crippen LogP contribution < -0.4 is 22.3 Å². The predicted molar refractivity (Wildman–Crippen MR) is 168 cm³/mol. The summed E-state index contributed by atoms with van der Waals surface area (Å²) in [5, 5.41) is 2.74. The zero-order valence-corrected chi connectivity index (χ0v) is 30.2. The lowest BCUT2D eigenvalue weighted by Crippen LogP contribution is -2.59. The Bertz CT molecular complexity index is 1520. The van der Waals surface area contributed by atoms with E-state index in [9.17, 15) is 22.8 Å². The summed E-state index contributed by atoms with van der Waals surface area (Å²) in [5.41, 5.74) is 3.19. The van der Waals surface area contributed by atoms with Crippen LogP contribution in [0.2, 0.25) is 36.3 Å². The van der Waals surface area contributed by atoms with Gasteiger partial charge in [0.2, 0.25) is 5.91 Å². The third-order valence-corrected chi connectivity index (χ3v) is 19.3. The summed E-state index contributed by atoms with van der Waals surface area (Å²) < 4.78 is 53.6. The van der Waals surface area contributed by atoms with Crippen molar-refractivity contribution in [1.82, 2.24) is 14.5 Å². The molecule has 3 heterocycles. The van der Waals surface area contributed by atoms with Gasteiger partial charge in [-0.25, -0.2) is 8.98 Å². The lowest BCUT2D eigenvalue weighted by atomic mass is 9.89. The van der Waals surface area contributed by atoms with Gasteiger partial charge in [-0.15, -0.1) is 0 Å². The van der Waals surface area contributed by atoms with Gasteiger partial charge >= 0.3 is 5.69 Å². The summed E-state index contributed by atoms with van der Waals surface area (Å²) in [6.45, 7) is 21.2. The van der Waals surface area contributed by atoms with Crippen molar-refractivity contribution in [3.05, 3.63) is 43.7 Å². The Labute approximate surface area is 256 Å². The van der Waals surface area contributed by atoms with Crippen LogP contribution in [-0.4, -0.2) is 71.6 Å². The van der Waals surface area contributed by atoms with E-state index in [1.54, 1.807) is 0 Å². The van der Waals surface area contributed by atoms with Crippen LogP contribution in [0.1, 0.15) is 53.3 Å². The van der Waals surface area contributed by atoms with E-state index in [0.29, 0.717) is 0 Å². The summed E-state index contributed by atoms with van der Waals surface area (Å²) in [4.78, 5) is 39.0. The van der Waals surface area contributed by atoms with Gasteiger partial charge < -0.3 is 24.6 Å². The largest absolute Gasteiger partial charge is 0.414 e. The van der Waals surface area contributed by atoms with Crippen molar-refractivity contribution in [3.63, 3.8) is 0 Å². The lowest BCUT2D eigenvalue weighted by Gasteiger charge is -2.43. The molecular weight excluding hydrogens is 613 g/mol. The molecule has 4 atom stereocenters. The number of hydrogen-bond donors (Lipinski definition) is 2. The molecule has 3 rings (SSSR count). The van der Waals surface area contributed by atoms with Crippen LogP contribution in [0.4, 0.5) is 0 Å². The molecule has 13 nitrogen and oxygen atoms in total. The molecule has 43 heavy (non-hydrogen) atoms.